The lowest BCUT2D eigenvalue weighted by Gasteiger charge is -2.48. The van der Waals surface area contributed by atoms with Gasteiger partial charge in [-0.1, -0.05) is 13.8 Å². The van der Waals surface area contributed by atoms with Crippen molar-refractivity contribution in [3.05, 3.63) is 0 Å². The molecule has 0 aromatic rings. The number of halogens is 2. The Morgan fingerprint density at radius 2 is 1.95 bits per heavy atom. The van der Waals surface area contributed by atoms with Crippen molar-refractivity contribution in [2.24, 2.45) is 11.8 Å². The third-order valence-electron chi connectivity index (χ3n) is 4.90. The van der Waals surface area contributed by atoms with Crippen LogP contribution in [0.4, 0.5) is 8.78 Å². The number of likely N-dealkylation sites (tertiary alicyclic amines) is 1. The summed E-state index contributed by atoms with van der Waals surface area (Å²) in [4.78, 5) is 2.41. The second-order valence-electron chi connectivity index (χ2n) is 6.65. The lowest BCUT2D eigenvalue weighted by molar-refractivity contribution is -0.0113. The molecule has 1 aliphatic carbocycles. The van der Waals surface area contributed by atoms with E-state index >= 15 is 0 Å². The van der Waals surface area contributed by atoms with Gasteiger partial charge in [-0.2, -0.15) is 0 Å². The lowest BCUT2D eigenvalue weighted by Crippen LogP contribution is -2.57. The number of hydrogen-bond acceptors (Lipinski definition) is 3. The first-order valence-electron chi connectivity index (χ1n) is 7.93. The second kappa shape index (κ2) is 7.14. The van der Waals surface area contributed by atoms with Crippen LogP contribution in [-0.4, -0.2) is 54.3 Å². The van der Waals surface area contributed by atoms with Gasteiger partial charge >= 0.3 is 0 Å². The quantitative estimate of drug-likeness (QED) is 0.786. The smallest absolute Gasteiger partial charge is 0.250 e. The van der Waals surface area contributed by atoms with Crippen LogP contribution in [0.5, 0.6) is 0 Å². The fourth-order valence-corrected chi connectivity index (χ4v) is 3.65. The molecule has 2 rings (SSSR count). The third-order valence-corrected chi connectivity index (χ3v) is 4.90. The van der Waals surface area contributed by atoms with Gasteiger partial charge in [-0.15, -0.1) is 0 Å². The van der Waals surface area contributed by atoms with Crippen LogP contribution in [-0.2, 0) is 0 Å². The molecule has 1 saturated heterocycles. The molecule has 2 N–H and O–H groups in total. The molecule has 1 saturated carbocycles. The number of nitrogens with one attached hydrogen (secondary N) is 1. The van der Waals surface area contributed by atoms with Crippen molar-refractivity contribution in [3.63, 3.8) is 0 Å². The normalized spacial score (nSPS) is 36.9. The molecule has 3 atom stereocenters. The summed E-state index contributed by atoms with van der Waals surface area (Å²) in [6.07, 6.45) is 1.34. The predicted molar refractivity (Wildman–Crippen MR) is 76.0 cm³/mol. The van der Waals surface area contributed by atoms with Crippen molar-refractivity contribution < 1.29 is 13.9 Å². The van der Waals surface area contributed by atoms with Crippen LogP contribution in [0.1, 0.15) is 39.5 Å². The van der Waals surface area contributed by atoms with Crippen molar-refractivity contribution in [2.75, 3.05) is 19.6 Å². The molecule has 1 heterocycles. The second-order valence-corrected chi connectivity index (χ2v) is 6.65. The maximum Gasteiger partial charge on any atom is 0.250 e. The summed E-state index contributed by atoms with van der Waals surface area (Å²) in [5.41, 5.74) is 0. The summed E-state index contributed by atoms with van der Waals surface area (Å²) >= 11 is 0. The summed E-state index contributed by atoms with van der Waals surface area (Å²) < 4.78 is 24.7. The summed E-state index contributed by atoms with van der Waals surface area (Å²) in [6.45, 7) is 5.76. The van der Waals surface area contributed by atoms with Crippen molar-refractivity contribution in [3.8, 4) is 0 Å². The Bertz CT molecular complexity index is 298. The summed E-state index contributed by atoms with van der Waals surface area (Å²) in [6, 6.07) is 0.674. The van der Waals surface area contributed by atoms with Crippen LogP contribution >= 0.6 is 0 Å². The minimum Gasteiger partial charge on any atom is -0.393 e. The monoisotopic (exact) mass is 290 g/mol. The van der Waals surface area contributed by atoms with Gasteiger partial charge in [0.2, 0.25) is 0 Å². The Morgan fingerprint density at radius 3 is 2.50 bits per heavy atom. The number of aliphatic hydroxyl groups is 1. The number of aliphatic hydroxyl groups excluding tert-OH is 1. The first kappa shape index (κ1) is 16.1. The van der Waals surface area contributed by atoms with E-state index < -0.39 is 6.43 Å². The van der Waals surface area contributed by atoms with Gasteiger partial charge in [-0.25, -0.2) is 8.78 Å². The number of piperidine rings is 1. The SMILES string of the molecule is CCC(O)C1CC(NCC(F)F)CN(C2CC(C)C2)C1. The first-order valence-corrected chi connectivity index (χ1v) is 7.93. The van der Waals surface area contributed by atoms with E-state index in [1.54, 1.807) is 0 Å². The topological polar surface area (TPSA) is 35.5 Å². The highest BCUT2D eigenvalue weighted by atomic mass is 19.3. The van der Waals surface area contributed by atoms with Crippen LogP contribution in [0.3, 0.4) is 0 Å². The Kier molecular flexibility index (Phi) is 5.75. The van der Waals surface area contributed by atoms with Crippen molar-refractivity contribution in [1.29, 1.82) is 0 Å². The van der Waals surface area contributed by atoms with Crippen LogP contribution in [0.15, 0.2) is 0 Å². The van der Waals surface area contributed by atoms with Crippen molar-refractivity contribution in [1.82, 2.24) is 10.2 Å². The molecule has 20 heavy (non-hydrogen) atoms. The largest absolute Gasteiger partial charge is 0.393 e. The van der Waals surface area contributed by atoms with Gasteiger partial charge in [-0.05, 0) is 37.5 Å². The molecule has 2 aliphatic rings. The van der Waals surface area contributed by atoms with E-state index in [4.69, 9.17) is 0 Å². The summed E-state index contributed by atoms with van der Waals surface area (Å²) in [5.74, 6) is 0.990. The number of hydrogen-bond donors (Lipinski definition) is 2. The van der Waals surface area contributed by atoms with Crippen molar-refractivity contribution >= 4 is 0 Å². The van der Waals surface area contributed by atoms with Gasteiger partial charge in [0, 0.05) is 25.2 Å². The highest BCUT2D eigenvalue weighted by molar-refractivity contribution is 4.93. The van der Waals surface area contributed by atoms with Crippen LogP contribution in [0, 0.1) is 11.8 Å². The molecule has 0 aromatic carbocycles. The van der Waals surface area contributed by atoms with E-state index in [0.29, 0.717) is 6.04 Å². The molecular formula is C15H28F2N2O. The van der Waals surface area contributed by atoms with Gasteiger partial charge in [0.1, 0.15) is 0 Å². The van der Waals surface area contributed by atoms with Crippen LogP contribution in [0.25, 0.3) is 0 Å². The van der Waals surface area contributed by atoms with E-state index in [1.807, 2.05) is 6.92 Å². The van der Waals surface area contributed by atoms with E-state index in [2.05, 4.69) is 17.1 Å². The molecule has 3 unspecified atom stereocenters. The van der Waals surface area contributed by atoms with Crippen molar-refractivity contribution in [2.45, 2.75) is 64.1 Å². The molecule has 118 valence electrons. The highest BCUT2D eigenvalue weighted by Gasteiger charge is 2.38. The molecular weight excluding hydrogens is 262 g/mol. The molecule has 5 heteroatoms. The summed E-state index contributed by atoms with van der Waals surface area (Å²) in [5, 5.41) is 13.1. The zero-order chi connectivity index (χ0) is 14.7. The average molecular weight is 290 g/mol. The maximum absolute atomic E-state index is 12.4. The van der Waals surface area contributed by atoms with Crippen LogP contribution < -0.4 is 5.32 Å². The van der Waals surface area contributed by atoms with Gasteiger partial charge in [0.25, 0.3) is 6.43 Å². The number of alkyl halides is 2. The Hall–Kier alpha value is -0.260. The van der Waals surface area contributed by atoms with Gasteiger partial charge < -0.3 is 10.4 Å². The fraction of sp³-hybridized carbons (Fsp3) is 1.00. The van der Waals surface area contributed by atoms with Crippen LogP contribution in [0.2, 0.25) is 0 Å². The zero-order valence-corrected chi connectivity index (χ0v) is 12.6. The molecule has 0 aromatic heterocycles. The van der Waals surface area contributed by atoms with E-state index in [-0.39, 0.29) is 24.6 Å². The lowest BCUT2D eigenvalue weighted by atomic mass is 9.78. The number of nitrogens with zero attached hydrogens (tertiary/aromatic N) is 1. The first-order chi connectivity index (χ1) is 9.49. The van der Waals surface area contributed by atoms with E-state index in [0.717, 1.165) is 31.8 Å². The van der Waals surface area contributed by atoms with E-state index in [9.17, 15) is 13.9 Å². The predicted octanol–water partition coefficient (Wildman–Crippen LogP) is 2.10. The van der Waals surface area contributed by atoms with Gasteiger partial charge in [0.15, 0.2) is 0 Å². The Morgan fingerprint density at radius 1 is 1.25 bits per heavy atom. The molecule has 0 spiro atoms. The molecule has 0 radical (unpaired) electrons. The van der Waals surface area contributed by atoms with Gasteiger partial charge in [0.05, 0.1) is 12.6 Å². The third kappa shape index (κ3) is 4.12. The highest BCUT2D eigenvalue weighted by Crippen LogP contribution is 2.34. The Balaban J connectivity index is 1.91. The van der Waals surface area contributed by atoms with E-state index in [1.165, 1.54) is 12.8 Å². The minimum absolute atomic E-state index is 0.0832. The molecule has 2 fully saturated rings. The molecule has 0 amide bonds. The zero-order valence-electron chi connectivity index (χ0n) is 12.6. The maximum atomic E-state index is 12.4. The fourth-order valence-electron chi connectivity index (χ4n) is 3.65. The standard InChI is InChI=1S/C15H28F2N2O/c1-3-14(20)11-6-12(18-7-15(16)17)9-19(8-11)13-4-10(2)5-13/h10-15,18,20H,3-9H2,1-2H3. The molecule has 0 bridgehead atoms. The minimum atomic E-state index is -2.30. The molecule has 1 aliphatic heterocycles. The summed E-state index contributed by atoms with van der Waals surface area (Å²) in [7, 11) is 0. The average Bonchev–Trinajstić information content (AvgIpc) is 2.40. The number of rotatable bonds is 6. The molecule has 3 nitrogen and oxygen atoms in total. The Labute approximate surface area is 120 Å². The van der Waals surface area contributed by atoms with Gasteiger partial charge in [-0.3, -0.25) is 4.90 Å².